The first kappa shape index (κ1) is 8.87. The lowest BCUT2D eigenvalue weighted by molar-refractivity contribution is 0.569. The minimum atomic E-state index is -1.44. The van der Waals surface area contributed by atoms with Gasteiger partial charge in [-0.25, -0.2) is 4.99 Å². The molecule has 1 heterocycles. The molecule has 0 amide bonds. The van der Waals surface area contributed by atoms with E-state index in [1.807, 2.05) is 0 Å². The Labute approximate surface area is 72.9 Å². The van der Waals surface area contributed by atoms with Crippen LogP contribution in [-0.2, 0) is 4.43 Å². The second-order valence-corrected chi connectivity index (χ2v) is 8.80. The normalized spacial score (nSPS) is 18.5. The average molecular weight is 187 g/mol. The van der Waals surface area contributed by atoms with Gasteiger partial charge in [0.05, 0.1) is 0 Å². The quantitative estimate of drug-likeness (QED) is 0.588. The van der Waals surface area contributed by atoms with Crippen molar-refractivity contribution in [1.82, 2.24) is 0 Å². The highest BCUT2D eigenvalue weighted by Crippen LogP contribution is 2.22. The lowest BCUT2D eigenvalue weighted by Gasteiger charge is -2.17. The molecule has 2 nitrogen and oxygen atoms in total. The van der Waals surface area contributed by atoms with Gasteiger partial charge in [-0.3, -0.25) is 0 Å². The van der Waals surface area contributed by atoms with E-state index in [4.69, 9.17) is 4.43 Å². The van der Waals surface area contributed by atoms with Gasteiger partial charge in [0.25, 0.3) is 0 Å². The molecule has 0 atom stereocenters. The molecule has 1 aliphatic rings. The van der Waals surface area contributed by atoms with Crippen LogP contribution in [0.3, 0.4) is 0 Å². The molecule has 0 spiro atoms. The van der Waals surface area contributed by atoms with Crippen LogP contribution in [0.25, 0.3) is 0 Å². The van der Waals surface area contributed by atoms with Gasteiger partial charge in [0.2, 0.25) is 13.5 Å². The Morgan fingerprint density at radius 3 is 2.55 bits per heavy atom. The maximum absolute atomic E-state index is 5.66. The van der Waals surface area contributed by atoms with Crippen molar-refractivity contribution < 1.29 is 4.43 Å². The van der Waals surface area contributed by atoms with Crippen LogP contribution in [0.15, 0.2) is 17.3 Å². The van der Waals surface area contributed by atoms with E-state index in [2.05, 4.69) is 31.2 Å². The molecule has 0 aromatic heterocycles. The summed E-state index contributed by atoms with van der Waals surface area (Å²) in [6.07, 6.45) is 0. The highest BCUT2D eigenvalue weighted by atomic mass is 32.2. The Balaban J connectivity index is 2.51. The van der Waals surface area contributed by atoms with E-state index in [-0.39, 0.29) is 0 Å². The Kier molecular flexibility index (Phi) is 2.44. The fraction of sp³-hybridized carbons (Fsp3) is 0.571. The molecule has 0 N–H and O–H groups in total. The third-order valence-corrected chi connectivity index (χ3v) is 2.86. The molecule has 0 aromatic carbocycles. The van der Waals surface area contributed by atoms with Crippen molar-refractivity contribution in [3.63, 3.8) is 0 Å². The highest BCUT2D eigenvalue weighted by molar-refractivity contribution is 8.14. The van der Waals surface area contributed by atoms with Gasteiger partial charge in [0, 0.05) is 11.4 Å². The van der Waals surface area contributed by atoms with Crippen molar-refractivity contribution in [2.45, 2.75) is 19.6 Å². The van der Waals surface area contributed by atoms with E-state index in [0.717, 1.165) is 16.7 Å². The molecule has 0 saturated heterocycles. The maximum Gasteiger partial charge on any atom is 0.244 e. The molecular weight excluding hydrogens is 174 g/mol. The molecule has 0 bridgehead atoms. The van der Waals surface area contributed by atoms with Crippen LogP contribution in [0.2, 0.25) is 19.6 Å². The van der Waals surface area contributed by atoms with E-state index in [1.54, 1.807) is 11.8 Å². The molecule has 62 valence electrons. The van der Waals surface area contributed by atoms with Gasteiger partial charge in [0.1, 0.15) is 0 Å². The van der Waals surface area contributed by atoms with Crippen molar-refractivity contribution in [3.05, 3.63) is 12.3 Å². The Morgan fingerprint density at radius 1 is 1.55 bits per heavy atom. The summed E-state index contributed by atoms with van der Waals surface area (Å²) in [6, 6.07) is 0. The fourth-order valence-corrected chi connectivity index (χ4v) is 2.76. The van der Waals surface area contributed by atoms with Crippen molar-refractivity contribution >= 4 is 25.3 Å². The van der Waals surface area contributed by atoms with Gasteiger partial charge in [0.15, 0.2) is 0 Å². The molecule has 0 aromatic rings. The molecule has 1 rings (SSSR count). The monoisotopic (exact) mass is 187 g/mol. The second kappa shape index (κ2) is 3.03. The summed E-state index contributed by atoms with van der Waals surface area (Å²) < 4.78 is 5.66. The predicted molar refractivity (Wildman–Crippen MR) is 53.5 cm³/mol. The summed E-state index contributed by atoms with van der Waals surface area (Å²) >= 11 is 1.64. The van der Waals surface area contributed by atoms with Gasteiger partial charge in [-0.05, 0) is 19.6 Å². The first-order chi connectivity index (χ1) is 4.97. The summed E-state index contributed by atoms with van der Waals surface area (Å²) in [6.45, 7) is 10.2. The van der Waals surface area contributed by atoms with Crippen LogP contribution < -0.4 is 0 Å². The van der Waals surface area contributed by atoms with Gasteiger partial charge in [-0.1, -0.05) is 18.3 Å². The Morgan fingerprint density at radius 2 is 2.18 bits per heavy atom. The highest BCUT2D eigenvalue weighted by Gasteiger charge is 2.21. The molecule has 0 saturated carbocycles. The van der Waals surface area contributed by atoms with E-state index in [1.165, 1.54) is 0 Å². The fourth-order valence-electron chi connectivity index (χ4n) is 0.653. The largest absolute Gasteiger partial charge is 0.527 e. The molecular formula is C7H13NOSSi. The number of hydrogen-bond acceptors (Lipinski definition) is 3. The summed E-state index contributed by atoms with van der Waals surface area (Å²) in [4.78, 5) is 4.17. The van der Waals surface area contributed by atoms with Gasteiger partial charge in [-0.2, -0.15) is 0 Å². The molecule has 0 radical (unpaired) electrons. The molecule has 0 unspecified atom stereocenters. The molecule has 0 aliphatic carbocycles. The lowest BCUT2D eigenvalue weighted by atomic mass is 10.6. The Hall–Kier alpha value is -0.223. The zero-order valence-corrected chi connectivity index (χ0v) is 8.99. The van der Waals surface area contributed by atoms with Crippen LogP contribution in [0.5, 0.6) is 0 Å². The summed E-state index contributed by atoms with van der Waals surface area (Å²) in [5.41, 5.74) is 0.920. The zero-order valence-electron chi connectivity index (χ0n) is 7.18. The lowest BCUT2D eigenvalue weighted by Crippen LogP contribution is -2.27. The number of rotatable bonds is 1. The van der Waals surface area contributed by atoms with Crippen molar-refractivity contribution in [2.24, 2.45) is 4.99 Å². The number of aliphatic imine (C=N–C) groups is 1. The molecule has 11 heavy (non-hydrogen) atoms. The minimum Gasteiger partial charge on any atom is -0.527 e. The van der Waals surface area contributed by atoms with Crippen LogP contribution in [0.4, 0.5) is 0 Å². The third-order valence-electron chi connectivity index (χ3n) is 1.01. The smallest absolute Gasteiger partial charge is 0.244 e. The van der Waals surface area contributed by atoms with E-state index >= 15 is 0 Å². The zero-order chi connectivity index (χ0) is 8.48. The first-order valence-electron chi connectivity index (χ1n) is 3.56. The van der Waals surface area contributed by atoms with Crippen LogP contribution in [0, 0.1) is 0 Å². The predicted octanol–water partition coefficient (Wildman–Crippen LogP) is 2.45. The number of hydrogen-bond donors (Lipinski definition) is 0. The molecule has 4 heteroatoms. The average Bonchev–Trinajstić information content (AvgIpc) is 2.10. The van der Waals surface area contributed by atoms with Crippen molar-refractivity contribution in [3.8, 4) is 0 Å². The van der Waals surface area contributed by atoms with Crippen LogP contribution in [-0.4, -0.2) is 19.3 Å². The van der Waals surface area contributed by atoms with Crippen LogP contribution in [0.1, 0.15) is 0 Å². The van der Waals surface area contributed by atoms with E-state index in [0.29, 0.717) is 0 Å². The summed E-state index contributed by atoms with van der Waals surface area (Å²) in [7, 11) is -1.44. The SMILES string of the molecule is C=C1CSC(O[Si](C)(C)C)=N1. The summed E-state index contributed by atoms with van der Waals surface area (Å²) in [5.74, 6) is 0.889. The molecule has 0 fully saturated rings. The standard InChI is InChI=1S/C7H13NOSSi/c1-6-5-10-7(8-6)9-11(2,3)4/h1,5H2,2-4H3. The summed E-state index contributed by atoms with van der Waals surface area (Å²) in [5, 5.41) is 0.814. The maximum atomic E-state index is 5.66. The van der Waals surface area contributed by atoms with Crippen molar-refractivity contribution in [2.75, 3.05) is 5.75 Å². The van der Waals surface area contributed by atoms with Gasteiger partial charge < -0.3 is 4.43 Å². The minimum absolute atomic E-state index is 0.814. The Bertz CT molecular complexity index is 207. The third kappa shape index (κ3) is 3.12. The molecule has 1 aliphatic heterocycles. The number of nitrogens with zero attached hydrogens (tertiary/aromatic N) is 1. The van der Waals surface area contributed by atoms with E-state index in [9.17, 15) is 0 Å². The van der Waals surface area contributed by atoms with Gasteiger partial charge in [-0.15, -0.1) is 0 Å². The van der Waals surface area contributed by atoms with Crippen molar-refractivity contribution in [1.29, 1.82) is 0 Å². The van der Waals surface area contributed by atoms with Gasteiger partial charge >= 0.3 is 0 Å². The van der Waals surface area contributed by atoms with E-state index < -0.39 is 8.32 Å². The topological polar surface area (TPSA) is 21.6 Å². The number of thioether (sulfide) groups is 1. The van der Waals surface area contributed by atoms with Crippen LogP contribution >= 0.6 is 11.8 Å². The first-order valence-corrected chi connectivity index (χ1v) is 7.95. The second-order valence-electron chi connectivity index (χ2n) is 3.45.